The minimum atomic E-state index is 0.699. The second kappa shape index (κ2) is 6.92. The Labute approximate surface area is 130 Å². The topological polar surface area (TPSA) is 25.4 Å². The third kappa shape index (κ3) is 3.74. The van der Waals surface area contributed by atoms with Crippen LogP contribution in [0.4, 0.5) is 0 Å². The Bertz CT molecular complexity index is 642. The highest BCUT2D eigenvalue weighted by atomic mass is 35.5. The maximum atomic E-state index is 5.99. The lowest BCUT2D eigenvalue weighted by Gasteiger charge is -2.22. The van der Waals surface area contributed by atoms with Gasteiger partial charge in [-0.05, 0) is 37.1 Å². The van der Waals surface area contributed by atoms with Crippen LogP contribution in [0.15, 0.2) is 42.6 Å². The third-order valence-electron chi connectivity index (χ3n) is 3.68. The molecule has 4 heteroatoms. The van der Waals surface area contributed by atoms with E-state index in [1.54, 1.807) is 6.20 Å². The quantitative estimate of drug-likeness (QED) is 0.618. The number of pyridine rings is 1. The molecule has 3 nitrogen and oxygen atoms in total. The molecule has 1 aromatic carbocycles. The Morgan fingerprint density at radius 2 is 2.19 bits per heavy atom. The molecule has 0 saturated carbocycles. The summed E-state index contributed by atoms with van der Waals surface area (Å²) in [6.07, 6.45) is 8.46. The van der Waals surface area contributed by atoms with Crippen LogP contribution in [0.25, 0.3) is 10.9 Å². The van der Waals surface area contributed by atoms with Crippen LogP contribution in [0.3, 0.4) is 0 Å². The molecule has 1 aromatic heterocycles. The lowest BCUT2D eigenvalue weighted by molar-refractivity contribution is 0.248. The molecule has 21 heavy (non-hydrogen) atoms. The molecular weight excluding hydrogens is 284 g/mol. The van der Waals surface area contributed by atoms with Gasteiger partial charge in [-0.2, -0.15) is 0 Å². The maximum absolute atomic E-state index is 5.99. The highest BCUT2D eigenvalue weighted by Crippen LogP contribution is 2.26. The van der Waals surface area contributed by atoms with Crippen molar-refractivity contribution in [2.24, 2.45) is 0 Å². The molecule has 0 unspecified atom stereocenters. The number of rotatable bonds is 5. The first-order chi connectivity index (χ1) is 10.3. The Balaban J connectivity index is 1.56. The fourth-order valence-electron chi connectivity index (χ4n) is 2.58. The molecule has 0 N–H and O–H groups in total. The summed E-state index contributed by atoms with van der Waals surface area (Å²) >= 11 is 5.99. The van der Waals surface area contributed by atoms with E-state index >= 15 is 0 Å². The van der Waals surface area contributed by atoms with E-state index in [0.717, 1.165) is 55.7 Å². The van der Waals surface area contributed by atoms with Crippen LogP contribution in [0.1, 0.15) is 12.8 Å². The second-order valence-electron chi connectivity index (χ2n) is 5.23. The van der Waals surface area contributed by atoms with Crippen molar-refractivity contribution >= 4 is 22.5 Å². The minimum absolute atomic E-state index is 0.699. The molecule has 0 amide bonds. The molecule has 110 valence electrons. The van der Waals surface area contributed by atoms with Crippen molar-refractivity contribution in [2.75, 3.05) is 26.2 Å². The second-order valence-corrected chi connectivity index (χ2v) is 5.67. The van der Waals surface area contributed by atoms with Gasteiger partial charge in [-0.1, -0.05) is 23.8 Å². The molecule has 0 fully saturated rings. The Kier molecular flexibility index (Phi) is 4.73. The van der Waals surface area contributed by atoms with Gasteiger partial charge in [0, 0.05) is 36.2 Å². The first kappa shape index (κ1) is 14.4. The molecule has 0 saturated heterocycles. The Hall–Kier alpha value is -1.58. The van der Waals surface area contributed by atoms with Gasteiger partial charge < -0.3 is 4.74 Å². The predicted octanol–water partition coefficient (Wildman–Crippen LogP) is 3.92. The molecule has 3 rings (SSSR count). The van der Waals surface area contributed by atoms with Crippen molar-refractivity contribution in [1.82, 2.24) is 9.88 Å². The zero-order chi connectivity index (χ0) is 14.5. The normalized spacial score (nSPS) is 15.5. The van der Waals surface area contributed by atoms with E-state index in [0.29, 0.717) is 5.02 Å². The van der Waals surface area contributed by atoms with Gasteiger partial charge in [0.25, 0.3) is 0 Å². The molecule has 1 aliphatic rings. The SMILES string of the molecule is Clc1ccc2c(OCCCN3CC=CCC3)ccnc2c1. The lowest BCUT2D eigenvalue weighted by atomic mass is 10.2. The van der Waals surface area contributed by atoms with Crippen molar-refractivity contribution in [3.63, 3.8) is 0 Å². The van der Waals surface area contributed by atoms with E-state index in [9.17, 15) is 0 Å². The smallest absolute Gasteiger partial charge is 0.130 e. The van der Waals surface area contributed by atoms with Crippen LogP contribution >= 0.6 is 11.6 Å². The molecule has 0 spiro atoms. The van der Waals surface area contributed by atoms with E-state index in [1.165, 1.54) is 0 Å². The van der Waals surface area contributed by atoms with Crippen molar-refractivity contribution in [3.8, 4) is 5.75 Å². The average Bonchev–Trinajstić information content (AvgIpc) is 2.52. The number of hydrogen-bond acceptors (Lipinski definition) is 3. The van der Waals surface area contributed by atoms with Crippen LogP contribution in [-0.2, 0) is 0 Å². The number of hydrogen-bond donors (Lipinski definition) is 0. The molecule has 0 aliphatic carbocycles. The molecule has 1 aliphatic heterocycles. The average molecular weight is 303 g/mol. The van der Waals surface area contributed by atoms with Crippen molar-refractivity contribution in [2.45, 2.75) is 12.8 Å². The number of fused-ring (bicyclic) bond motifs is 1. The van der Waals surface area contributed by atoms with Crippen LogP contribution in [0, 0.1) is 0 Å². The van der Waals surface area contributed by atoms with E-state index in [1.807, 2.05) is 24.3 Å². The minimum Gasteiger partial charge on any atom is -0.493 e. The van der Waals surface area contributed by atoms with Crippen molar-refractivity contribution < 1.29 is 4.74 Å². The highest BCUT2D eigenvalue weighted by molar-refractivity contribution is 6.31. The molecule has 0 bridgehead atoms. The van der Waals surface area contributed by atoms with Gasteiger partial charge in [0.05, 0.1) is 12.1 Å². The number of aromatic nitrogens is 1. The summed E-state index contributed by atoms with van der Waals surface area (Å²) in [7, 11) is 0. The Morgan fingerprint density at radius 1 is 1.24 bits per heavy atom. The number of ether oxygens (including phenoxy) is 1. The lowest BCUT2D eigenvalue weighted by Crippen LogP contribution is -2.29. The van der Waals surface area contributed by atoms with E-state index in [-0.39, 0.29) is 0 Å². The fraction of sp³-hybridized carbons (Fsp3) is 0.353. The fourth-order valence-corrected chi connectivity index (χ4v) is 2.75. The van der Waals surface area contributed by atoms with E-state index < -0.39 is 0 Å². The van der Waals surface area contributed by atoms with Gasteiger partial charge in [-0.15, -0.1) is 0 Å². The third-order valence-corrected chi connectivity index (χ3v) is 3.92. The van der Waals surface area contributed by atoms with Gasteiger partial charge >= 0.3 is 0 Å². The summed E-state index contributed by atoms with van der Waals surface area (Å²) in [6, 6.07) is 7.62. The highest BCUT2D eigenvalue weighted by Gasteiger charge is 2.06. The van der Waals surface area contributed by atoms with Crippen LogP contribution in [-0.4, -0.2) is 36.1 Å². The largest absolute Gasteiger partial charge is 0.493 e. The summed E-state index contributed by atoms with van der Waals surface area (Å²) in [5.41, 5.74) is 0.876. The molecule has 2 aromatic rings. The molecule has 0 radical (unpaired) electrons. The molecular formula is C17H19ClN2O. The zero-order valence-electron chi connectivity index (χ0n) is 12.0. The molecule has 2 heterocycles. The van der Waals surface area contributed by atoms with Crippen molar-refractivity contribution in [3.05, 3.63) is 47.6 Å². The van der Waals surface area contributed by atoms with Crippen LogP contribution < -0.4 is 4.74 Å². The van der Waals surface area contributed by atoms with Gasteiger partial charge in [-0.25, -0.2) is 0 Å². The van der Waals surface area contributed by atoms with Gasteiger partial charge in [-0.3, -0.25) is 9.88 Å². The van der Waals surface area contributed by atoms with Gasteiger partial charge in [0.1, 0.15) is 5.75 Å². The number of benzene rings is 1. The predicted molar refractivity (Wildman–Crippen MR) is 87.1 cm³/mol. The zero-order valence-corrected chi connectivity index (χ0v) is 12.7. The maximum Gasteiger partial charge on any atom is 0.130 e. The summed E-state index contributed by atoms with van der Waals surface area (Å²) < 4.78 is 5.92. The first-order valence-electron chi connectivity index (χ1n) is 7.37. The van der Waals surface area contributed by atoms with Gasteiger partial charge in [0.2, 0.25) is 0 Å². The van der Waals surface area contributed by atoms with Gasteiger partial charge in [0.15, 0.2) is 0 Å². The number of halogens is 1. The standard InChI is InChI=1S/C17H19ClN2O/c18-14-5-6-15-16(13-14)19-8-7-17(15)21-12-4-11-20-9-2-1-3-10-20/h1-2,5-8,13H,3-4,9-12H2. The van der Waals surface area contributed by atoms with Crippen LogP contribution in [0.5, 0.6) is 5.75 Å². The van der Waals surface area contributed by atoms with E-state index in [4.69, 9.17) is 16.3 Å². The van der Waals surface area contributed by atoms with Crippen LogP contribution in [0.2, 0.25) is 5.02 Å². The number of nitrogens with zero attached hydrogens (tertiary/aromatic N) is 2. The monoisotopic (exact) mass is 302 g/mol. The van der Waals surface area contributed by atoms with E-state index in [2.05, 4.69) is 22.0 Å². The first-order valence-corrected chi connectivity index (χ1v) is 7.75. The summed E-state index contributed by atoms with van der Waals surface area (Å²) in [5, 5.41) is 1.72. The Morgan fingerprint density at radius 3 is 3.05 bits per heavy atom. The summed E-state index contributed by atoms with van der Waals surface area (Å²) in [5.74, 6) is 0.884. The molecule has 0 atom stereocenters. The summed E-state index contributed by atoms with van der Waals surface area (Å²) in [6.45, 7) is 4.03. The van der Waals surface area contributed by atoms with Crippen molar-refractivity contribution in [1.29, 1.82) is 0 Å². The summed E-state index contributed by atoms with van der Waals surface area (Å²) in [4.78, 5) is 6.78.